The first-order chi connectivity index (χ1) is 4.20. The van der Waals surface area contributed by atoms with Crippen molar-refractivity contribution < 1.29 is 0 Å². The Morgan fingerprint density at radius 1 is 1.44 bits per heavy atom. The monoisotopic (exact) mass is 124 g/mol. The number of rotatable bonds is 0. The molecule has 52 valence electrons. The molecule has 9 heavy (non-hydrogen) atoms. The van der Waals surface area contributed by atoms with Crippen LogP contribution < -0.4 is 0 Å². The number of hydrogen-bond acceptors (Lipinski definition) is 0. The Bertz CT molecular complexity index is 122. The van der Waals surface area contributed by atoms with E-state index in [0.29, 0.717) is 0 Å². The molecule has 1 rings (SSSR count). The van der Waals surface area contributed by atoms with E-state index in [1.807, 2.05) is 0 Å². The second-order valence-corrected chi connectivity index (χ2v) is 3.43. The van der Waals surface area contributed by atoms with Crippen LogP contribution >= 0.6 is 0 Å². The molecule has 0 aliphatic heterocycles. The molecule has 0 aromatic rings. The van der Waals surface area contributed by atoms with Gasteiger partial charge in [-0.3, -0.25) is 0 Å². The van der Waals surface area contributed by atoms with Gasteiger partial charge < -0.3 is 0 Å². The van der Waals surface area contributed by atoms with E-state index >= 15 is 0 Å². The van der Waals surface area contributed by atoms with Crippen LogP contribution in [0.1, 0.15) is 33.6 Å². The topological polar surface area (TPSA) is 0 Å². The van der Waals surface area contributed by atoms with Crippen LogP contribution in [0.5, 0.6) is 0 Å². The Morgan fingerprint density at radius 2 is 2.11 bits per heavy atom. The zero-order valence-electron chi connectivity index (χ0n) is 6.65. The lowest BCUT2D eigenvalue weighted by Gasteiger charge is -2.22. The number of hydrogen-bond donors (Lipinski definition) is 0. The smallest absolute Gasteiger partial charge is 0.0232 e. The highest BCUT2D eigenvalue weighted by atomic mass is 14.2. The highest BCUT2D eigenvalue weighted by Crippen LogP contribution is 2.27. The molecule has 0 heteroatoms. The van der Waals surface area contributed by atoms with Crippen molar-refractivity contribution >= 4 is 0 Å². The summed E-state index contributed by atoms with van der Waals surface area (Å²) in [5.41, 5.74) is 1.59. The highest BCUT2D eigenvalue weighted by Gasteiger charge is 2.13. The predicted molar refractivity (Wildman–Crippen MR) is 41.3 cm³/mol. The van der Waals surface area contributed by atoms with Gasteiger partial charge in [-0.25, -0.2) is 0 Å². The second-order valence-electron chi connectivity index (χ2n) is 3.43. The largest absolute Gasteiger partial charge is 0.0851 e. The molecule has 0 radical (unpaired) electrons. The van der Waals surface area contributed by atoms with Gasteiger partial charge in [0, 0.05) is 0 Å². The Kier molecular flexibility index (Phi) is 1.94. The zero-order valence-corrected chi connectivity index (χ0v) is 6.65. The SMILES string of the molecule is CC1=CCC(C)CC1C. The van der Waals surface area contributed by atoms with Crippen LogP contribution in [-0.4, -0.2) is 0 Å². The Morgan fingerprint density at radius 3 is 2.56 bits per heavy atom. The molecule has 2 atom stereocenters. The van der Waals surface area contributed by atoms with Gasteiger partial charge in [-0.2, -0.15) is 0 Å². The molecule has 0 aromatic carbocycles. The van der Waals surface area contributed by atoms with Crippen molar-refractivity contribution in [1.82, 2.24) is 0 Å². The van der Waals surface area contributed by atoms with Gasteiger partial charge in [-0.05, 0) is 31.6 Å². The molecule has 0 fully saturated rings. The van der Waals surface area contributed by atoms with Gasteiger partial charge in [0.05, 0.1) is 0 Å². The summed E-state index contributed by atoms with van der Waals surface area (Å²) < 4.78 is 0. The molecule has 0 N–H and O–H groups in total. The minimum absolute atomic E-state index is 0.841. The molecule has 0 heterocycles. The zero-order chi connectivity index (χ0) is 6.85. The van der Waals surface area contributed by atoms with Gasteiger partial charge in [-0.15, -0.1) is 0 Å². The average Bonchev–Trinajstić information content (AvgIpc) is 1.80. The van der Waals surface area contributed by atoms with Crippen LogP contribution in [0.3, 0.4) is 0 Å². The summed E-state index contributed by atoms with van der Waals surface area (Å²) in [7, 11) is 0. The van der Waals surface area contributed by atoms with Crippen molar-refractivity contribution in [2.75, 3.05) is 0 Å². The summed E-state index contributed by atoms with van der Waals surface area (Å²) in [6.07, 6.45) is 5.08. The van der Waals surface area contributed by atoms with Crippen molar-refractivity contribution in [3.05, 3.63) is 11.6 Å². The van der Waals surface area contributed by atoms with Crippen LogP contribution in [-0.2, 0) is 0 Å². The lowest BCUT2D eigenvalue weighted by Crippen LogP contribution is -2.08. The third-order valence-electron chi connectivity index (χ3n) is 2.38. The summed E-state index contributed by atoms with van der Waals surface area (Å²) >= 11 is 0. The van der Waals surface area contributed by atoms with Gasteiger partial charge in [0.1, 0.15) is 0 Å². The van der Waals surface area contributed by atoms with Crippen LogP contribution in [0.2, 0.25) is 0 Å². The van der Waals surface area contributed by atoms with Crippen molar-refractivity contribution in [1.29, 1.82) is 0 Å². The summed E-state index contributed by atoms with van der Waals surface area (Å²) in [5, 5.41) is 0. The maximum Gasteiger partial charge on any atom is -0.0232 e. The van der Waals surface area contributed by atoms with Gasteiger partial charge >= 0.3 is 0 Å². The quantitative estimate of drug-likeness (QED) is 0.435. The Balaban J connectivity index is 2.56. The fourth-order valence-electron chi connectivity index (χ4n) is 1.47. The minimum atomic E-state index is 0.841. The molecule has 0 amide bonds. The molecule has 0 saturated carbocycles. The molecule has 1 aliphatic carbocycles. The van der Waals surface area contributed by atoms with Crippen molar-refractivity contribution in [3.8, 4) is 0 Å². The first kappa shape index (κ1) is 6.85. The molecule has 0 bridgehead atoms. The summed E-state index contributed by atoms with van der Waals surface area (Å²) in [6.45, 7) is 6.90. The summed E-state index contributed by atoms with van der Waals surface area (Å²) in [6, 6.07) is 0. The molecular formula is C9H16. The lowest BCUT2D eigenvalue weighted by molar-refractivity contribution is 0.430. The first-order valence-electron chi connectivity index (χ1n) is 3.87. The molecular weight excluding hydrogens is 108 g/mol. The lowest BCUT2D eigenvalue weighted by atomic mass is 9.84. The summed E-state index contributed by atoms with van der Waals surface area (Å²) in [5.74, 6) is 1.76. The molecule has 0 aromatic heterocycles. The second kappa shape index (κ2) is 2.55. The van der Waals surface area contributed by atoms with Crippen molar-refractivity contribution in [2.45, 2.75) is 33.6 Å². The molecule has 1 aliphatic rings. The van der Waals surface area contributed by atoms with Crippen LogP contribution in [0.4, 0.5) is 0 Å². The van der Waals surface area contributed by atoms with E-state index in [-0.39, 0.29) is 0 Å². The Hall–Kier alpha value is -0.260. The molecule has 0 saturated heterocycles. The third-order valence-corrected chi connectivity index (χ3v) is 2.38. The first-order valence-corrected chi connectivity index (χ1v) is 3.87. The van der Waals surface area contributed by atoms with E-state index in [4.69, 9.17) is 0 Å². The fourth-order valence-corrected chi connectivity index (χ4v) is 1.47. The highest BCUT2D eigenvalue weighted by molar-refractivity contribution is 5.06. The van der Waals surface area contributed by atoms with E-state index in [1.54, 1.807) is 5.57 Å². The molecule has 0 nitrogen and oxygen atoms in total. The van der Waals surface area contributed by atoms with E-state index in [2.05, 4.69) is 26.8 Å². The molecule has 2 unspecified atom stereocenters. The predicted octanol–water partition coefficient (Wildman–Crippen LogP) is 3.00. The molecule has 0 spiro atoms. The Labute approximate surface area is 58.0 Å². The van der Waals surface area contributed by atoms with Crippen LogP contribution in [0.25, 0.3) is 0 Å². The van der Waals surface area contributed by atoms with Crippen LogP contribution in [0.15, 0.2) is 11.6 Å². The van der Waals surface area contributed by atoms with Crippen molar-refractivity contribution in [2.24, 2.45) is 11.8 Å². The minimum Gasteiger partial charge on any atom is -0.0851 e. The van der Waals surface area contributed by atoms with E-state index in [1.165, 1.54) is 12.8 Å². The van der Waals surface area contributed by atoms with E-state index < -0.39 is 0 Å². The van der Waals surface area contributed by atoms with Gasteiger partial charge in [0.15, 0.2) is 0 Å². The van der Waals surface area contributed by atoms with E-state index in [0.717, 1.165) is 11.8 Å². The average molecular weight is 124 g/mol. The standard InChI is InChI=1S/C9H16/c1-7-4-5-8(2)9(3)6-7/h5,7,9H,4,6H2,1-3H3. The van der Waals surface area contributed by atoms with E-state index in [9.17, 15) is 0 Å². The maximum absolute atomic E-state index is 2.39. The van der Waals surface area contributed by atoms with Crippen LogP contribution in [0, 0.1) is 11.8 Å². The normalized spacial score (nSPS) is 36.1. The fraction of sp³-hybridized carbons (Fsp3) is 0.778. The van der Waals surface area contributed by atoms with Gasteiger partial charge in [-0.1, -0.05) is 25.5 Å². The van der Waals surface area contributed by atoms with Crippen molar-refractivity contribution in [3.63, 3.8) is 0 Å². The van der Waals surface area contributed by atoms with Gasteiger partial charge in [0.2, 0.25) is 0 Å². The number of allylic oxidation sites excluding steroid dienone is 2. The summed E-state index contributed by atoms with van der Waals surface area (Å²) in [4.78, 5) is 0. The third kappa shape index (κ3) is 1.57. The maximum atomic E-state index is 2.39. The van der Waals surface area contributed by atoms with Gasteiger partial charge in [0.25, 0.3) is 0 Å².